The van der Waals surface area contributed by atoms with Crippen molar-refractivity contribution in [2.45, 2.75) is 19.4 Å². The maximum atomic E-state index is 13.1. The molecule has 0 spiro atoms. The van der Waals surface area contributed by atoms with Crippen LogP contribution in [0.3, 0.4) is 0 Å². The predicted molar refractivity (Wildman–Crippen MR) is 91.4 cm³/mol. The molecule has 0 saturated carbocycles. The zero-order valence-electron chi connectivity index (χ0n) is 12.7. The Bertz CT molecular complexity index is 624. The number of anilines is 1. The lowest BCUT2D eigenvalue weighted by Crippen LogP contribution is -2.20. The molecule has 116 valence electrons. The van der Waals surface area contributed by atoms with E-state index in [4.69, 9.17) is 0 Å². The average molecular weight is 317 g/mol. The zero-order chi connectivity index (χ0) is 15.4. The Balaban J connectivity index is 1.95. The highest BCUT2D eigenvalue weighted by atomic mass is 32.2. The summed E-state index contributed by atoms with van der Waals surface area (Å²) in [6.45, 7) is 2.99. The topological polar surface area (TPSA) is 28.2 Å². The lowest BCUT2D eigenvalue weighted by molar-refractivity contribution is 0.628. The Hall–Kier alpha value is -1.59. The van der Waals surface area contributed by atoms with Crippen LogP contribution in [0.5, 0.6) is 0 Å². The summed E-state index contributed by atoms with van der Waals surface area (Å²) in [4.78, 5) is 6.99. The molecule has 22 heavy (non-hydrogen) atoms. The molecule has 0 radical (unpaired) electrons. The Morgan fingerprint density at radius 1 is 1.23 bits per heavy atom. The molecule has 0 amide bonds. The number of rotatable bonds is 5. The number of benzene rings is 1. The summed E-state index contributed by atoms with van der Waals surface area (Å²) in [6.07, 6.45) is 6.44. The van der Waals surface area contributed by atoms with E-state index in [1.807, 2.05) is 12.5 Å². The molecule has 2 aromatic rings. The van der Waals surface area contributed by atoms with Gasteiger partial charge in [0, 0.05) is 42.6 Å². The summed E-state index contributed by atoms with van der Waals surface area (Å²) in [6, 6.07) is 8.66. The minimum absolute atomic E-state index is 0.218. The molecule has 2 heterocycles. The van der Waals surface area contributed by atoms with E-state index in [-0.39, 0.29) is 5.82 Å². The minimum Gasteiger partial charge on any atom is -0.371 e. The highest BCUT2D eigenvalue weighted by molar-refractivity contribution is 7.96. The van der Waals surface area contributed by atoms with Crippen molar-refractivity contribution in [2.75, 3.05) is 24.2 Å². The molecule has 3 rings (SSSR count). The van der Waals surface area contributed by atoms with Crippen LogP contribution in [0.25, 0.3) is 11.3 Å². The van der Waals surface area contributed by atoms with Gasteiger partial charge in [0.15, 0.2) is 0 Å². The van der Waals surface area contributed by atoms with Crippen LogP contribution in [0, 0.1) is 5.82 Å². The first kappa shape index (κ1) is 15.3. The van der Waals surface area contributed by atoms with Gasteiger partial charge in [-0.1, -0.05) is 11.9 Å². The molecule has 1 N–H and O–H groups in total. The molecule has 3 nitrogen and oxygen atoms in total. The lowest BCUT2D eigenvalue weighted by atomic mass is 10.1. The fraction of sp³-hybridized carbons (Fsp3) is 0.353. The smallest absolute Gasteiger partial charge is 0.123 e. The maximum absolute atomic E-state index is 13.1. The molecular formula is C17H20FN3S. The Morgan fingerprint density at radius 3 is 2.64 bits per heavy atom. The molecule has 1 aromatic heterocycles. The van der Waals surface area contributed by atoms with Crippen LogP contribution in [-0.4, -0.2) is 24.3 Å². The van der Waals surface area contributed by atoms with Crippen LogP contribution < -0.4 is 9.62 Å². The number of nitrogens with one attached hydrogen (secondary N) is 1. The highest BCUT2D eigenvalue weighted by Crippen LogP contribution is 2.29. The monoisotopic (exact) mass is 317 g/mol. The summed E-state index contributed by atoms with van der Waals surface area (Å²) in [5.74, 6) is -0.218. The van der Waals surface area contributed by atoms with Gasteiger partial charge in [-0.05, 0) is 49.4 Å². The number of nitrogens with zero attached hydrogens (tertiary/aromatic N) is 2. The van der Waals surface area contributed by atoms with Crippen LogP contribution in [-0.2, 0) is 6.54 Å². The second-order valence-corrected chi connectivity index (χ2v) is 6.12. The zero-order valence-corrected chi connectivity index (χ0v) is 13.5. The van der Waals surface area contributed by atoms with E-state index in [0.29, 0.717) is 0 Å². The Kier molecular flexibility index (Phi) is 4.95. The van der Waals surface area contributed by atoms with Gasteiger partial charge in [-0.15, -0.1) is 0 Å². The summed E-state index contributed by atoms with van der Waals surface area (Å²) in [7, 11) is 0. The molecule has 1 aromatic carbocycles. The number of hydrogen-bond donors (Lipinski definition) is 1. The van der Waals surface area contributed by atoms with E-state index in [0.717, 1.165) is 30.9 Å². The van der Waals surface area contributed by atoms with Gasteiger partial charge in [0.1, 0.15) is 5.82 Å². The summed E-state index contributed by atoms with van der Waals surface area (Å²) in [5, 5.41) is 0. The maximum Gasteiger partial charge on any atom is 0.123 e. The van der Waals surface area contributed by atoms with E-state index in [2.05, 4.69) is 20.7 Å². The molecular weight excluding hydrogens is 297 g/mol. The van der Waals surface area contributed by atoms with E-state index in [9.17, 15) is 4.39 Å². The van der Waals surface area contributed by atoms with Gasteiger partial charge in [-0.25, -0.2) is 4.39 Å². The van der Waals surface area contributed by atoms with Gasteiger partial charge in [-0.2, -0.15) is 0 Å². The molecule has 1 saturated heterocycles. The minimum atomic E-state index is -0.218. The van der Waals surface area contributed by atoms with Gasteiger partial charge >= 0.3 is 0 Å². The van der Waals surface area contributed by atoms with Crippen molar-refractivity contribution in [1.82, 2.24) is 9.71 Å². The van der Waals surface area contributed by atoms with Crippen LogP contribution in [0.1, 0.15) is 18.4 Å². The summed E-state index contributed by atoms with van der Waals surface area (Å²) >= 11 is 1.61. The van der Waals surface area contributed by atoms with Gasteiger partial charge in [0.2, 0.25) is 0 Å². The van der Waals surface area contributed by atoms with Crippen molar-refractivity contribution in [1.29, 1.82) is 0 Å². The van der Waals surface area contributed by atoms with Gasteiger partial charge in [0.25, 0.3) is 0 Å². The molecule has 0 atom stereocenters. The number of pyridine rings is 1. The first-order valence-corrected chi connectivity index (χ1v) is 8.76. The SMILES string of the molecule is CSNCc1cnc(-c2ccc(F)cc2)cc1N1CCCC1. The van der Waals surface area contributed by atoms with E-state index >= 15 is 0 Å². The van der Waals surface area contributed by atoms with Crippen molar-refractivity contribution in [3.63, 3.8) is 0 Å². The van der Waals surface area contributed by atoms with Crippen molar-refractivity contribution in [3.05, 3.63) is 47.9 Å². The predicted octanol–water partition coefficient (Wildman–Crippen LogP) is 3.86. The van der Waals surface area contributed by atoms with Gasteiger partial charge < -0.3 is 4.90 Å². The fourth-order valence-corrected chi connectivity index (χ4v) is 3.09. The van der Waals surface area contributed by atoms with Crippen LogP contribution in [0.4, 0.5) is 10.1 Å². The van der Waals surface area contributed by atoms with Crippen molar-refractivity contribution in [3.8, 4) is 11.3 Å². The summed E-state index contributed by atoms with van der Waals surface area (Å²) < 4.78 is 16.4. The summed E-state index contributed by atoms with van der Waals surface area (Å²) in [5.41, 5.74) is 4.30. The molecule has 1 fully saturated rings. The third kappa shape index (κ3) is 3.42. The van der Waals surface area contributed by atoms with Crippen molar-refractivity contribution >= 4 is 17.6 Å². The van der Waals surface area contributed by atoms with E-state index in [1.165, 1.54) is 36.2 Å². The van der Waals surface area contributed by atoms with Crippen molar-refractivity contribution < 1.29 is 4.39 Å². The van der Waals surface area contributed by atoms with Crippen LogP contribution in [0.15, 0.2) is 36.5 Å². The van der Waals surface area contributed by atoms with Gasteiger partial charge in [0.05, 0.1) is 5.69 Å². The number of aromatic nitrogens is 1. The second-order valence-electron chi connectivity index (χ2n) is 5.42. The number of hydrogen-bond acceptors (Lipinski definition) is 4. The molecule has 1 aliphatic rings. The average Bonchev–Trinajstić information content (AvgIpc) is 3.08. The Morgan fingerprint density at radius 2 is 1.95 bits per heavy atom. The van der Waals surface area contributed by atoms with Crippen molar-refractivity contribution in [2.24, 2.45) is 0 Å². The lowest BCUT2D eigenvalue weighted by Gasteiger charge is -2.22. The highest BCUT2D eigenvalue weighted by Gasteiger charge is 2.17. The van der Waals surface area contributed by atoms with E-state index < -0.39 is 0 Å². The van der Waals surface area contributed by atoms with Crippen LogP contribution in [0.2, 0.25) is 0 Å². The third-order valence-corrected chi connectivity index (χ3v) is 4.39. The largest absolute Gasteiger partial charge is 0.371 e. The molecule has 0 unspecified atom stereocenters. The fourth-order valence-electron chi connectivity index (χ4n) is 2.79. The number of halogens is 1. The molecule has 0 bridgehead atoms. The third-order valence-electron chi connectivity index (χ3n) is 3.96. The standard InChI is InChI=1S/C17H20FN3S/c1-22-20-12-14-11-19-16(13-4-6-15(18)7-5-13)10-17(14)21-8-2-3-9-21/h4-7,10-11,20H,2-3,8-9,12H2,1H3. The molecule has 1 aliphatic heterocycles. The van der Waals surface area contributed by atoms with Crippen LogP contribution >= 0.6 is 11.9 Å². The molecule has 5 heteroatoms. The molecule has 0 aliphatic carbocycles. The van der Waals surface area contributed by atoms with E-state index in [1.54, 1.807) is 24.1 Å². The normalized spacial score (nSPS) is 14.5. The quantitative estimate of drug-likeness (QED) is 0.848. The van der Waals surface area contributed by atoms with Gasteiger partial charge in [-0.3, -0.25) is 9.71 Å². The first-order valence-electron chi connectivity index (χ1n) is 7.53. The Labute approximate surface area is 135 Å². The first-order chi connectivity index (χ1) is 10.8. The second kappa shape index (κ2) is 7.11.